The second kappa shape index (κ2) is 5.73. The minimum Gasteiger partial charge on any atom is -0.234 e. The van der Waals surface area contributed by atoms with Crippen molar-refractivity contribution in [1.82, 2.24) is 0 Å². The molecule has 0 bridgehead atoms. The molecule has 16 heavy (non-hydrogen) atoms. The summed E-state index contributed by atoms with van der Waals surface area (Å²) in [5.74, 6) is 0. The van der Waals surface area contributed by atoms with E-state index in [0.717, 1.165) is 10.0 Å². The molecule has 0 heterocycles. The van der Waals surface area contributed by atoms with Gasteiger partial charge in [0.2, 0.25) is 0 Å². The Labute approximate surface area is 108 Å². The third-order valence-electron chi connectivity index (χ3n) is 1.96. The molecule has 0 aliphatic carbocycles. The van der Waals surface area contributed by atoms with Gasteiger partial charge in [0.25, 0.3) is 0 Å². The lowest BCUT2D eigenvalue weighted by molar-refractivity contribution is 0.651. The van der Waals surface area contributed by atoms with Gasteiger partial charge in [0, 0.05) is 17.1 Å². The van der Waals surface area contributed by atoms with Gasteiger partial charge in [-0.3, -0.25) is 0 Å². The van der Waals surface area contributed by atoms with Crippen LogP contribution in [0, 0.1) is 0 Å². The summed E-state index contributed by atoms with van der Waals surface area (Å²) in [6.45, 7) is 5.75. The van der Waals surface area contributed by atoms with Crippen LogP contribution in [0.2, 0.25) is 0 Å². The van der Waals surface area contributed by atoms with Crippen molar-refractivity contribution in [2.24, 2.45) is 4.40 Å². The number of halogens is 1. The first-order chi connectivity index (χ1) is 7.41. The summed E-state index contributed by atoms with van der Waals surface area (Å²) in [5.41, 5.74) is 1.15. The van der Waals surface area contributed by atoms with E-state index in [1.54, 1.807) is 6.21 Å². The molecule has 0 spiro atoms. The van der Waals surface area contributed by atoms with Crippen molar-refractivity contribution in [3.8, 4) is 0 Å². The second-order valence-electron chi connectivity index (χ2n) is 4.45. The van der Waals surface area contributed by atoms with Gasteiger partial charge in [-0.15, -0.1) is 0 Å². The monoisotopic (exact) mass is 301 g/mol. The third kappa shape index (κ3) is 4.18. The molecule has 0 aromatic heterocycles. The van der Waals surface area contributed by atoms with Crippen molar-refractivity contribution in [3.05, 3.63) is 34.3 Å². The van der Waals surface area contributed by atoms with Crippen LogP contribution in [0.5, 0.6) is 0 Å². The lowest BCUT2D eigenvalue weighted by Gasteiger charge is -2.12. The maximum Gasteiger partial charge on any atom is 0.144 e. The highest BCUT2D eigenvalue weighted by Gasteiger charge is 2.17. The highest BCUT2D eigenvalue weighted by atomic mass is 79.9. The Morgan fingerprint density at radius 2 is 2.00 bits per heavy atom. The van der Waals surface area contributed by atoms with E-state index in [4.69, 9.17) is 0 Å². The Morgan fingerprint density at radius 1 is 1.38 bits per heavy atom. The molecule has 2 nitrogen and oxygen atoms in total. The standard InChI is InChI=1S/C12H16BrNOS/c1-12(2,3)16(15)14-9-8-10-6-4-5-7-11(10)13/h4-7,9H,8H2,1-3H3/b14-9+. The molecule has 1 atom stereocenters. The predicted octanol–water partition coefficient (Wildman–Crippen LogP) is 3.52. The first-order valence-electron chi connectivity index (χ1n) is 5.09. The van der Waals surface area contributed by atoms with Gasteiger partial charge in [0.05, 0.1) is 4.75 Å². The van der Waals surface area contributed by atoms with Gasteiger partial charge in [0.1, 0.15) is 11.0 Å². The SMILES string of the molecule is CC(C)(C)S(=O)/N=C/Cc1ccccc1Br. The fraction of sp³-hybridized carbons (Fsp3) is 0.417. The Balaban J connectivity index is 2.62. The molecule has 0 saturated carbocycles. The lowest BCUT2D eigenvalue weighted by atomic mass is 10.2. The zero-order valence-electron chi connectivity index (χ0n) is 9.74. The van der Waals surface area contributed by atoms with Crippen LogP contribution < -0.4 is 0 Å². The van der Waals surface area contributed by atoms with Gasteiger partial charge in [0.15, 0.2) is 0 Å². The minimum absolute atomic E-state index is 0.287. The predicted molar refractivity (Wildman–Crippen MR) is 74.2 cm³/mol. The molecular weight excluding hydrogens is 286 g/mol. The Hall–Kier alpha value is -0.480. The number of nitrogens with zero attached hydrogens (tertiary/aromatic N) is 1. The van der Waals surface area contributed by atoms with Gasteiger partial charge in [-0.25, -0.2) is 4.21 Å². The van der Waals surface area contributed by atoms with Crippen LogP contribution in [0.25, 0.3) is 0 Å². The highest BCUT2D eigenvalue weighted by Crippen LogP contribution is 2.16. The summed E-state index contributed by atoms with van der Waals surface area (Å²) in [7, 11) is -1.16. The number of hydrogen-bond acceptors (Lipinski definition) is 1. The zero-order chi connectivity index (χ0) is 12.2. The summed E-state index contributed by atoms with van der Waals surface area (Å²) in [5, 5.41) is 0. The molecular formula is C12H16BrNOS. The van der Waals surface area contributed by atoms with Gasteiger partial charge < -0.3 is 0 Å². The average molecular weight is 302 g/mol. The number of benzene rings is 1. The molecule has 0 amide bonds. The molecule has 1 rings (SSSR count). The van der Waals surface area contributed by atoms with Gasteiger partial charge in [-0.05, 0) is 32.4 Å². The molecule has 1 unspecified atom stereocenters. The van der Waals surface area contributed by atoms with Gasteiger partial charge in [-0.2, -0.15) is 4.40 Å². The maximum atomic E-state index is 11.6. The number of hydrogen-bond donors (Lipinski definition) is 0. The fourth-order valence-electron chi connectivity index (χ4n) is 1.03. The molecule has 88 valence electrons. The fourth-order valence-corrected chi connectivity index (χ4v) is 2.00. The van der Waals surface area contributed by atoms with Crippen molar-refractivity contribution in [2.45, 2.75) is 31.9 Å². The van der Waals surface area contributed by atoms with E-state index >= 15 is 0 Å². The first-order valence-corrected chi connectivity index (χ1v) is 6.99. The van der Waals surface area contributed by atoms with Crippen LogP contribution >= 0.6 is 15.9 Å². The summed E-state index contributed by atoms with van der Waals surface area (Å²) in [6.07, 6.45) is 2.42. The van der Waals surface area contributed by atoms with Crippen LogP contribution in [0.1, 0.15) is 26.3 Å². The Bertz CT molecular complexity index is 410. The van der Waals surface area contributed by atoms with Crippen molar-refractivity contribution in [1.29, 1.82) is 0 Å². The normalized spacial score (nSPS) is 14.2. The van der Waals surface area contributed by atoms with Crippen LogP contribution in [-0.2, 0) is 17.4 Å². The van der Waals surface area contributed by atoms with E-state index in [2.05, 4.69) is 20.3 Å². The first kappa shape index (κ1) is 13.6. The van der Waals surface area contributed by atoms with Gasteiger partial charge >= 0.3 is 0 Å². The highest BCUT2D eigenvalue weighted by molar-refractivity contribution is 9.10. The Morgan fingerprint density at radius 3 is 2.56 bits per heavy atom. The molecule has 4 heteroatoms. The molecule has 0 aliphatic heterocycles. The number of rotatable bonds is 3. The van der Waals surface area contributed by atoms with Crippen LogP contribution in [-0.4, -0.2) is 15.2 Å². The van der Waals surface area contributed by atoms with E-state index in [0.29, 0.717) is 6.42 Å². The summed E-state index contributed by atoms with van der Waals surface area (Å²) < 4.78 is 16.5. The minimum atomic E-state index is -1.16. The van der Waals surface area contributed by atoms with Crippen molar-refractivity contribution in [2.75, 3.05) is 0 Å². The molecule has 0 N–H and O–H groups in total. The zero-order valence-corrected chi connectivity index (χ0v) is 12.1. The van der Waals surface area contributed by atoms with E-state index < -0.39 is 11.0 Å². The van der Waals surface area contributed by atoms with E-state index in [1.165, 1.54) is 0 Å². The van der Waals surface area contributed by atoms with E-state index in [1.807, 2.05) is 45.0 Å². The van der Waals surface area contributed by atoms with Crippen LogP contribution in [0.3, 0.4) is 0 Å². The lowest BCUT2D eigenvalue weighted by Crippen LogP contribution is -2.19. The van der Waals surface area contributed by atoms with E-state index in [-0.39, 0.29) is 4.75 Å². The third-order valence-corrected chi connectivity index (χ3v) is 4.13. The van der Waals surface area contributed by atoms with Crippen LogP contribution in [0.15, 0.2) is 33.1 Å². The second-order valence-corrected chi connectivity index (χ2v) is 7.23. The topological polar surface area (TPSA) is 29.4 Å². The van der Waals surface area contributed by atoms with Crippen molar-refractivity contribution in [3.63, 3.8) is 0 Å². The molecule has 0 aliphatic rings. The largest absolute Gasteiger partial charge is 0.234 e. The van der Waals surface area contributed by atoms with Crippen molar-refractivity contribution >= 4 is 33.1 Å². The summed E-state index contributed by atoms with van der Waals surface area (Å²) >= 11 is 3.47. The molecule has 0 radical (unpaired) electrons. The Kier molecular flexibility index (Phi) is 4.87. The van der Waals surface area contributed by atoms with Crippen LogP contribution in [0.4, 0.5) is 0 Å². The molecule has 1 aromatic rings. The van der Waals surface area contributed by atoms with E-state index in [9.17, 15) is 4.21 Å². The van der Waals surface area contributed by atoms with Gasteiger partial charge in [-0.1, -0.05) is 34.1 Å². The smallest absolute Gasteiger partial charge is 0.144 e. The van der Waals surface area contributed by atoms with Crippen molar-refractivity contribution < 1.29 is 4.21 Å². The molecule has 1 aromatic carbocycles. The summed E-state index contributed by atoms with van der Waals surface area (Å²) in [6, 6.07) is 7.96. The summed E-state index contributed by atoms with van der Waals surface area (Å²) in [4.78, 5) is 0. The molecule has 0 saturated heterocycles. The quantitative estimate of drug-likeness (QED) is 0.785. The molecule has 0 fully saturated rings. The maximum absolute atomic E-state index is 11.6. The average Bonchev–Trinajstić information content (AvgIpc) is 2.19.